The van der Waals surface area contributed by atoms with Gasteiger partial charge in [0.05, 0.1) is 26.8 Å². The first-order chi connectivity index (χ1) is 16.0. The number of furan rings is 1. The predicted molar refractivity (Wildman–Crippen MR) is 119 cm³/mol. The third-order valence-corrected chi connectivity index (χ3v) is 6.55. The van der Waals surface area contributed by atoms with Crippen LogP contribution in [0.25, 0.3) is 0 Å². The van der Waals surface area contributed by atoms with Gasteiger partial charge in [-0.25, -0.2) is 4.79 Å². The average molecular weight is 458 g/mol. The van der Waals surface area contributed by atoms with Gasteiger partial charge in [0.2, 0.25) is 0 Å². The number of nitrogens with zero attached hydrogens (tertiary/aromatic N) is 3. The van der Waals surface area contributed by atoms with Crippen LogP contribution in [0.15, 0.2) is 40.8 Å². The van der Waals surface area contributed by atoms with Gasteiger partial charge in [-0.2, -0.15) is 0 Å². The Morgan fingerprint density at radius 3 is 2.48 bits per heavy atom. The number of aliphatic hydroxyl groups excluding tert-OH is 1. The van der Waals surface area contributed by atoms with Crippen LogP contribution in [-0.2, 0) is 29.2 Å². The quantitative estimate of drug-likeness (QED) is 0.577. The number of piperidine rings is 1. The van der Waals surface area contributed by atoms with Crippen molar-refractivity contribution in [2.75, 3.05) is 40.5 Å². The minimum Gasteiger partial charge on any atom is -0.497 e. The molecular weight excluding hydrogens is 426 g/mol. The molecule has 1 aromatic carbocycles. The number of ether oxygens (including phenoxy) is 2. The largest absolute Gasteiger partial charge is 0.497 e. The van der Waals surface area contributed by atoms with Gasteiger partial charge in [0.15, 0.2) is 0 Å². The number of hydrogen-bond donors (Lipinski definition) is 1. The van der Waals surface area contributed by atoms with Crippen LogP contribution in [-0.4, -0.2) is 77.7 Å². The van der Waals surface area contributed by atoms with Crippen molar-refractivity contribution in [3.05, 3.63) is 53.5 Å². The van der Waals surface area contributed by atoms with Gasteiger partial charge in [-0.15, -0.1) is 0 Å². The Morgan fingerprint density at radius 2 is 1.82 bits per heavy atom. The number of likely N-dealkylation sites (tertiary alicyclic amines) is 1. The van der Waals surface area contributed by atoms with Gasteiger partial charge in [-0.1, -0.05) is 12.1 Å². The molecule has 2 aliphatic heterocycles. The van der Waals surface area contributed by atoms with Crippen molar-refractivity contribution >= 4 is 11.9 Å². The standard InChI is InChI=1S/C24H31N3O6/c1-31-13-12-27-23(30)26(15-18-4-3-5-19(14-18)32-2)22(29)24(27)8-10-25(11-9-24)16-20-6-7-21(17-28)33-20/h3-7,14,28H,8-13,15-17H2,1-2H3. The molecule has 1 spiro atoms. The summed E-state index contributed by atoms with van der Waals surface area (Å²) in [5.74, 6) is 1.86. The van der Waals surface area contributed by atoms with E-state index in [1.54, 1.807) is 25.2 Å². The molecule has 178 valence electrons. The molecule has 2 fully saturated rings. The zero-order chi connectivity index (χ0) is 23.4. The van der Waals surface area contributed by atoms with Crippen molar-refractivity contribution in [1.29, 1.82) is 0 Å². The van der Waals surface area contributed by atoms with E-state index in [-0.39, 0.29) is 25.1 Å². The van der Waals surface area contributed by atoms with Crippen molar-refractivity contribution < 1.29 is 28.6 Å². The second kappa shape index (κ2) is 9.94. The first kappa shape index (κ1) is 23.3. The molecule has 3 amide bonds. The minimum absolute atomic E-state index is 0.128. The molecule has 2 aliphatic rings. The minimum atomic E-state index is -0.857. The summed E-state index contributed by atoms with van der Waals surface area (Å²) in [6.45, 7) is 2.73. The number of carbonyl (C=O) groups excluding carboxylic acids is 2. The zero-order valence-corrected chi connectivity index (χ0v) is 19.2. The summed E-state index contributed by atoms with van der Waals surface area (Å²) < 4.78 is 16.1. The molecule has 4 rings (SSSR count). The molecule has 0 unspecified atom stereocenters. The van der Waals surface area contributed by atoms with Crippen molar-refractivity contribution in [3.63, 3.8) is 0 Å². The van der Waals surface area contributed by atoms with E-state index in [9.17, 15) is 14.7 Å². The van der Waals surface area contributed by atoms with E-state index in [1.165, 1.54) is 4.90 Å². The van der Waals surface area contributed by atoms with Gasteiger partial charge in [0.1, 0.15) is 29.4 Å². The molecule has 9 nitrogen and oxygen atoms in total. The fraction of sp³-hybridized carbons (Fsp3) is 0.500. The fourth-order valence-corrected chi connectivity index (χ4v) is 4.74. The van der Waals surface area contributed by atoms with E-state index in [0.29, 0.717) is 57.1 Å². The number of rotatable bonds is 9. The third-order valence-electron chi connectivity index (χ3n) is 6.55. The fourth-order valence-electron chi connectivity index (χ4n) is 4.74. The topological polar surface area (TPSA) is 95.7 Å². The van der Waals surface area contributed by atoms with Gasteiger partial charge < -0.3 is 23.9 Å². The molecule has 1 N–H and O–H groups in total. The number of hydrogen-bond acceptors (Lipinski definition) is 7. The van der Waals surface area contributed by atoms with Crippen LogP contribution in [0.4, 0.5) is 4.79 Å². The predicted octanol–water partition coefficient (Wildman–Crippen LogP) is 2.23. The SMILES string of the molecule is COCCN1C(=O)N(Cc2cccc(OC)c2)C(=O)C12CCN(Cc1ccc(CO)o1)CC2. The Bertz CT molecular complexity index is 982. The van der Waals surface area contributed by atoms with Crippen LogP contribution in [0, 0.1) is 0 Å². The van der Waals surface area contributed by atoms with Crippen LogP contribution in [0.1, 0.15) is 29.9 Å². The zero-order valence-electron chi connectivity index (χ0n) is 19.2. The van der Waals surface area contributed by atoms with Gasteiger partial charge in [0, 0.05) is 26.7 Å². The number of imide groups is 1. The second-order valence-corrected chi connectivity index (χ2v) is 8.50. The number of methoxy groups -OCH3 is 2. The number of carbonyl (C=O) groups is 2. The normalized spacial score (nSPS) is 18.5. The lowest BCUT2D eigenvalue weighted by molar-refractivity contribution is -0.136. The summed E-state index contributed by atoms with van der Waals surface area (Å²) in [6.07, 6.45) is 1.09. The first-order valence-electron chi connectivity index (χ1n) is 11.2. The average Bonchev–Trinajstić information content (AvgIpc) is 3.37. The molecular formula is C24H31N3O6. The van der Waals surface area contributed by atoms with Crippen LogP contribution < -0.4 is 4.74 Å². The Kier molecular flexibility index (Phi) is 7.02. The van der Waals surface area contributed by atoms with Crippen molar-refractivity contribution in [2.45, 2.75) is 38.1 Å². The maximum atomic E-state index is 13.7. The van der Waals surface area contributed by atoms with E-state index in [0.717, 1.165) is 11.3 Å². The van der Waals surface area contributed by atoms with Crippen LogP contribution >= 0.6 is 0 Å². The van der Waals surface area contributed by atoms with Crippen molar-refractivity contribution in [1.82, 2.24) is 14.7 Å². The Hall–Kier alpha value is -2.88. The number of benzene rings is 1. The molecule has 0 radical (unpaired) electrons. The van der Waals surface area contributed by atoms with Gasteiger partial charge in [-0.05, 0) is 42.7 Å². The molecule has 0 aliphatic carbocycles. The number of urea groups is 1. The summed E-state index contributed by atoms with van der Waals surface area (Å²) in [5, 5.41) is 9.21. The van der Waals surface area contributed by atoms with Gasteiger partial charge >= 0.3 is 6.03 Å². The van der Waals surface area contributed by atoms with E-state index in [2.05, 4.69) is 4.90 Å². The molecule has 9 heteroatoms. The van der Waals surface area contributed by atoms with Crippen LogP contribution in [0.3, 0.4) is 0 Å². The highest BCUT2D eigenvalue weighted by molar-refractivity contribution is 6.07. The lowest BCUT2D eigenvalue weighted by Gasteiger charge is -2.42. The van der Waals surface area contributed by atoms with E-state index in [4.69, 9.17) is 13.9 Å². The molecule has 33 heavy (non-hydrogen) atoms. The highest BCUT2D eigenvalue weighted by atomic mass is 16.5. The Balaban J connectivity index is 1.50. The lowest BCUT2D eigenvalue weighted by atomic mass is 9.85. The van der Waals surface area contributed by atoms with Crippen LogP contribution in [0.2, 0.25) is 0 Å². The first-order valence-corrected chi connectivity index (χ1v) is 11.2. The molecule has 0 saturated carbocycles. The van der Waals surface area contributed by atoms with Crippen molar-refractivity contribution in [2.24, 2.45) is 0 Å². The van der Waals surface area contributed by atoms with E-state index < -0.39 is 5.54 Å². The summed E-state index contributed by atoms with van der Waals surface area (Å²) in [4.78, 5) is 32.3. The smallest absolute Gasteiger partial charge is 0.328 e. The molecule has 2 aromatic rings. The summed E-state index contributed by atoms with van der Waals surface area (Å²) in [7, 11) is 3.18. The molecule has 0 bridgehead atoms. The van der Waals surface area contributed by atoms with Crippen molar-refractivity contribution in [3.8, 4) is 5.75 Å². The van der Waals surface area contributed by atoms with E-state index >= 15 is 0 Å². The summed E-state index contributed by atoms with van der Waals surface area (Å²) >= 11 is 0. The maximum Gasteiger partial charge on any atom is 0.328 e. The highest BCUT2D eigenvalue weighted by Gasteiger charge is 2.57. The molecule has 1 aromatic heterocycles. The molecule has 2 saturated heterocycles. The van der Waals surface area contributed by atoms with Crippen LogP contribution in [0.5, 0.6) is 5.75 Å². The monoisotopic (exact) mass is 457 g/mol. The Morgan fingerprint density at radius 1 is 1.06 bits per heavy atom. The Labute approximate surface area is 193 Å². The number of amides is 3. The second-order valence-electron chi connectivity index (χ2n) is 8.50. The summed E-state index contributed by atoms with van der Waals surface area (Å²) in [5.41, 5.74) is -0.0144. The van der Waals surface area contributed by atoms with Gasteiger partial charge in [-0.3, -0.25) is 14.6 Å². The maximum absolute atomic E-state index is 13.7. The third kappa shape index (κ3) is 4.62. The molecule has 3 heterocycles. The van der Waals surface area contributed by atoms with Gasteiger partial charge in [0.25, 0.3) is 5.91 Å². The molecule has 0 atom stereocenters. The number of aliphatic hydroxyl groups is 1. The van der Waals surface area contributed by atoms with E-state index in [1.807, 2.05) is 30.3 Å². The summed E-state index contributed by atoms with van der Waals surface area (Å²) in [6, 6.07) is 10.8. The lowest BCUT2D eigenvalue weighted by Crippen LogP contribution is -2.57. The highest BCUT2D eigenvalue weighted by Crippen LogP contribution is 2.38.